The largest absolute Gasteiger partial charge is 0.348 e. The molecule has 114 valence electrons. The molecule has 0 bridgehead atoms. The van der Waals surface area contributed by atoms with Gasteiger partial charge in [0, 0.05) is 36.3 Å². The van der Waals surface area contributed by atoms with Crippen molar-refractivity contribution >= 4 is 23.1 Å². The fraction of sp³-hybridized carbons (Fsp3) is 0.588. The van der Waals surface area contributed by atoms with Crippen molar-refractivity contribution in [3.8, 4) is 0 Å². The summed E-state index contributed by atoms with van der Waals surface area (Å²) in [6.07, 6.45) is 5.67. The molecule has 0 radical (unpaired) electrons. The highest BCUT2D eigenvalue weighted by molar-refractivity contribution is 7.78. The molecule has 1 aromatic rings. The standard InChI is InChI=1S/C17H24NO2S/c1-2-3-4-5-11-18(14-21)16-9-7-15(8-10-16)17-19-12-6-13-20-17/h7-10,17H,2-6,11-13H2,1H3/q+1. The van der Waals surface area contributed by atoms with E-state index in [0.29, 0.717) is 0 Å². The third kappa shape index (κ3) is 5.01. The van der Waals surface area contributed by atoms with Crippen LogP contribution < -0.4 is 0 Å². The third-order valence-electron chi connectivity index (χ3n) is 3.65. The summed E-state index contributed by atoms with van der Waals surface area (Å²) >= 11 is 5.02. The van der Waals surface area contributed by atoms with Crippen LogP contribution in [0.2, 0.25) is 0 Å². The highest BCUT2D eigenvalue weighted by atomic mass is 32.1. The molecule has 0 aliphatic carbocycles. The van der Waals surface area contributed by atoms with E-state index < -0.39 is 0 Å². The van der Waals surface area contributed by atoms with Crippen molar-refractivity contribution in [1.82, 2.24) is 0 Å². The molecule has 1 aromatic carbocycles. The smallest absolute Gasteiger partial charge is 0.255 e. The molecule has 0 amide bonds. The Bertz CT molecular complexity index is 474. The van der Waals surface area contributed by atoms with Gasteiger partial charge in [-0.25, -0.2) is 0 Å². The number of unbranched alkanes of at least 4 members (excludes halogenated alkanes) is 3. The van der Waals surface area contributed by atoms with E-state index in [-0.39, 0.29) is 6.29 Å². The van der Waals surface area contributed by atoms with Crippen LogP contribution in [0.3, 0.4) is 0 Å². The Hall–Kier alpha value is -1.06. The third-order valence-corrected chi connectivity index (χ3v) is 3.87. The maximum Gasteiger partial charge on any atom is 0.255 e. The minimum absolute atomic E-state index is 0.220. The molecular formula is C17H24NO2S+. The van der Waals surface area contributed by atoms with Gasteiger partial charge < -0.3 is 9.47 Å². The maximum atomic E-state index is 5.61. The van der Waals surface area contributed by atoms with Gasteiger partial charge in [0.15, 0.2) is 12.8 Å². The topological polar surface area (TPSA) is 21.5 Å². The van der Waals surface area contributed by atoms with Crippen molar-refractivity contribution in [3.05, 3.63) is 29.8 Å². The predicted molar refractivity (Wildman–Crippen MR) is 87.2 cm³/mol. The van der Waals surface area contributed by atoms with Crippen molar-refractivity contribution in [2.75, 3.05) is 19.8 Å². The highest BCUT2D eigenvalue weighted by Gasteiger charge is 2.17. The summed E-state index contributed by atoms with van der Waals surface area (Å²) < 4.78 is 13.2. The van der Waals surface area contributed by atoms with Crippen molar-refractivity contribution in [3.63, 3.8) is 0 Å². The average molecular weight is 306 g/mol. The molecule has 1 aliphatic rings. The van der Waals surface area contributed by atoms with E-state index in [2.05, 4.69) is 36.4 Å². The molecule has 1 saturated heterocycles. The normalized spacial score (nSPS) is 15.7. The van der Waals surface area contributed by atoms with Crippen molar-refractivity contribution in [2.45, 2.75) is 45.3 Å². The number of ether oxygens (including phenoxy) is 2. The van der Waals surface area contributed by atoms with Crippen LogP contribution in [0.1, 0.15) is 50.9 Å². The fourth-order valence-corrected chi connectivity index (χ4v) is 2.61. The molecule has 2 rings (SSSR count). The summed E-state index contributed by atoms with van der Waals surface area (Å²) in [5, 5.41) is 2.85. The van der Waals surface area contributed by atoms with E-state index in [1.54, 1.807) is 0 Å². The molecule has 0 N–H and O–H groups in total. The fourth-order valence-electron chi connectivity index (χ4n) is 2.42. The van der Waals surface area contributed by atoms with Crippen molar-refractivity contribution < 1.29 is 14.0 Å². The van der Waals surface area contributed by atoms with Crippen LogP contribution in [0.4, 0.5) is 5.69 Å². The van der Waals surface area contributed by atoms with Gasteiger partial charge in [0.25, 0.3) is 5.16 Å². The van der Waals surface area contributed by atoms with Gasteiger partial charge in [-0.2, -0.15) is 0 Å². The molecule has 1 fully saturated rings. The van der Waals surface area contributed by atoms with E-state index in [1.807, 2.05) is 4.58 Å². The molecule has 0 atom stereocenters. The first-order valence-corrected chi connectivity index (χ1v) is 8.24. The first kappa shape index (κ1) is 16.3. The molecule has 3 nitrogen and oxygen atoms in total. The zero-order valence-corrected chi connectivity index (χ0v) is 13.5. The number of nitrogens with zero attached hydrogens (tertiary/aromatic N) is 1. The first-order chi connectivity index (χ1) is 10.3. The number of benzene rings is 1. The summed E-state index contributed by atoms with van der Waals surface area (Å²) in [6.45, 7) is 4.68. The average Bonchev–Trinajstić information content (AvgIpc) is 2.56. The summed E-state index contributed by atoms with van der Waals surface area (Å²) in [5.74, 6) is 0. The molecule has 4 heteroatoms. The lowest BCUT2D eigenvalue weighted by molar-refractivity contribution is -0.432. The molecule has 0 saturated carbocycles. The molecule has 0 unspecified atom stereocenters. The van der Waals surface area contributed by atoms with Gasteiger partial charge in [0.05, 0.1) is 13.2 Å². The van der Waals surface area contributed by atoms with Crippen LogP contribution in [0, 0.1) is 0 Å². The highest BCUT2D eigenvalue weighted by Crippen LogP contribution is 2.24. The quantitative estimate of drug-likeness (QED) is 0.321. The second kappa shape index (κ2) is 9.06. The number of rotatable bonds is 7. The monoisotopic (exact) mass is 306 g/mol. The number of hydrogen-bond acceptors (Lipinski definition) is 3. The Labute approximate surface area is 132 Å². The van der Waals surface area contributed by atoms with Crippen LogP contribution in [-0.2, 0) is 9.47 Å². The van der Waals surface area contributed by atoms with Gasteiger partial charge in [-0.3, -0.25) is 0 Å². The number of hydrogen-bond donors (Lipinski definition) is 0. The molecule has 21 heavy (non-hydrogen) atoms. The van der Waals surface area contributed by atoms with Gasteiger partial charge in [-0.1, -0.05) is 19.8 Å². The Morgan fingerprint density at radius 1 is 1.14 bits per heavy atom. The zero-order valence-electron chi connectivity index (χ0n) is 12.7. The van der Waals surface area contributed by atoms with Gasteiger partial charge in [-0.15, -0.1) is 4.58 Å². The first-order valence-electron chi connectivity index (χ1n) is 7.83. The second-order valence-corrected chi connectivity index (χ2v) is 5.50. The Kier molecular flexibility index (Phi) is 7.04. The van der Waals surface area contributed by atoms with Gasteiger partial charge in [0.2, 0.25) is 5.69 Å². The van der Waals surface area contributed by atoms with Crippen LogP contribution in [0.25, 0.3) is 0 Å². The lowest BCUT2D eigenvalue weighted by Crippen LogP contribution is -2.17. The summed E-state index contributed by atoms with van der Waals surface area (Å²) in [7, 11) is 0. The van der Waals surface area contributed by atoms with Gasteiger partial charge >= 0.3 is 0 Å². The van der Waals surface area contributed by atoms with E-state index in [9.17, 15) is 0 Å². The molecule has 0 spiro atoms. The minimum Gasteiger partial charge on any atom is -0.348 e. The lowest BCUT2D eigenvalue weighted by Gasteiger charge is -2.23. The van der Waals surface area contributed by atoms with E-state index in [0.717, 1.165) is 43.9 Å². The Balaban J connectivity index is 1.94. The minimum atomic E-state index is -0.220. The van der Waals surface area contributed by atoms with Crippen molar-refractivity contribution in [2.24, 2.45) is 0 Å². The van der Waals surface area contributed by atoms with Crippen LogP contribution in [0.15, 0.2) is 24.3 Å². The molecular weight excluding hydrogens is 282 g/mol. The van der Waals surface area contributed by atoms with Crippen LogP contribution in [-0.4, -0.2) is 29.5 Å². The molecule has 0 aromatic heterocycles. The number of isothiocyanates is 1. The lowest BCUT2D eigenvalue weighted by atomic mass is 10.1. The van der Waals surface area contributed by atoms with E-state index in [4.69, 9.17) is 21.7 Å². The van der Waals surface area contributed by atoms with Crippen molar-refractivity contribution in [1.29, 1.82) is 0 Å². The predicted octanol–water partition coefficient (Wildman–Crippen LogP) is 4.45. The SMILES string of the molecule is CCCCCC[N+](=C=S)c1ccc(C2OCCCO2)cc1. The van der Waals surface area contributed by atoms with Crippen LogP contribution in [0.5, 0.6) is 0 Å². The van der Waals surface area contributed by atoms with Gasteiger partial charge in [0.1, 0.15) is 0 Å². The maximum absolute atomic E-state index is 5.61. The second-order valence-electron chi connectivity index (χ2n) is 5.32. The van der Waals surface area contributed by atoms with Gasteiger partial charge in [-0.05, 0) is 25.0 Å². The Morgan fingerprint density at radius 2 is 1.86 bits per heavy atom. The number of thiocarbonyl (C=S) groups is 1. The molecule has 1 aliphatic heterocycles. The summed E-state index contributed by atoms with van der Waals surface area (Å²) in [6, 6.07) is 8.24. The summed E-state index contributed by atoms with van der Waals surface area (Å²) in [4.78, 5) is 0. The zero-order chi connectivity index (χ0) is 14.9. The summed E-state index contributed by atoms with van der Waals surface area (Å²) in [5.41, 5.74) is 2.15. The van der Waals surface area contributed by atoms with E-state index >= 15 is 0 Å². The Morgan fingerprint density at radius 3 is 2.48 bits per heavy atom. The molecule has 1 heterocycles. The van der Waals surface area contributed by atoms with Crippen LogP contribution >= 0.6 is 12.2 Å². The van der Waals surface area contributed by atoms with E-state index in [1.165, 1.54) is 19.3 Å².